The Morgan fingerprint density at radius 1 is 1.36 bits per heavy atom. The van der Waals surface area contributed by atoms with E-state index in [2.05, 4.69) is 10.1 Å². The van der Waals surface area contributed by atoms with Crippen molar-refractivity contribution in [3.05, 3.63) is 29.8 Å². The van der Waals surface area contributed by atoms with Gasteiger partial charge in [-0.15, -0.1) is 0 Å². The second-order valence-corrected chi connectivity index (χ2v) is 4.44. The van der Waals surface area contributed by atoms with Crippen molar-refractivity contribution in [2.24, 2.45) is 0 Å². The molecule has 0 bridgehead atoms. The zero-order chi connectivity index (χ0) is 16.5. The van der Waals surface area contributed by atoms with Gasteiger partial charge in [-0.2, -0.15) is 0 Å². The van der Waals surface area contributed by atoms with E-state index in [9.17, 15) is 18.4 Å². The molecule has 1 rings (SSSR count). The number of ether oxygens (including phenoxy) is 2. The zero-order valence-corrected chi connectivity index (χ0v) is 12.0. The molecule has 122 valence electrons. The average molecular weight is 317 g/mol. The Labute approximate surface area is 126 Å². The Bertz CT molecular complexity index is 524. The fourth-order valence-corrected chi connectivity index (χ4v) is 1.61. The van der Waals surface area contributed by atoms with Crippen LogP contribution in [-0.4, -0.2) is 43.3 Å². The molecule has 0 aliphatic rings. The molecule has 22 heavy (non-hydrogen) atoms. The van der Waals surface area contributed by atoms with Crippen LogP contribution in [0.15, 0.2) is 18.2 Å². The first-order valence-corrected chi connectivity index (χ1v) is 6.53. The number of nitrogens with one attached hydrogen (secondary N) is 1. The number of hydrogen-bond donors (Lipinski definition) is 2. The highest BCUT2D eigenvalue weighted by molar-refractivity contribution is 5.83. The minimum atomic E-state index is -1.19. The lowest BCUT2D eigenvalue weighted by Gasteiger charge is -2.13. The van der Waals surface area contributed by atoms with Crippen LogP contribution in [0.25, 0.3) is 0 Å². The Balaban J connectivity index is 2.31. The normalized spacial score (nSPS) is 11.8. The van der Waals surface area contributed by atoms with Crippen molar-refractivity contribution in [3.8, 4) is 5.75 Å². The Hall–Kier alpha value is -2.22. The maximum absolute atomic E-state index is 13.3. The number of carboxylic acids is 1. The third-order valence-corrected chi connectivity index (χ3v) is 2.67. The van der Waals surface area contributed by atoms with Gasteiger partial charge < -0.3 is 19.9 Å². The summed E-state index contributed by atoms with van der Waals surface area (Å²) >= 11 is 0. The third-order valence-electron chi connectivity index (χ3n) is 2.67. The van der Waals surface area contributed by atoms with Gasteiger partial charge >= 0.3 is 5.97 Å². The summed E-state index contributed by atoms with van der Waals surface area (Å²) in [4.78, 5) is 22.4. The predicted molar refractivity (Wildman–Crippen MR) is 72.5 cm³/mol. The zero-order valence-electron chi connectivity index (χ0n) is 12.0. The van der Waals surface area contributed by atoms with Gasteiger partial charge in [-0.1, -0.05) is 0 Å². The van der Waals surface area contributed by atoms with E-state index in [4.69, 9.17) is 9.84 Å². The molecule has 0 saturated carbocycles. The number of carboxylic acid groups (broad SMARTS) is 1. The molecule has 1 unspecified atom stereocenters. The molecule has 1 amide bonds. The molecule has 0 spiro atoms. The second kappa shape index (κ2) is 8.93. The van der Waals surface area contributed by atoms with Crippen molar-refractivity contribution in [1.29, 1.82) is 0 Å². The van der Waals surface area contributed by atoms with E-state index in [1.807, 2.05) is 0 Å². The summed E-state index contributed by atoms with van der Waals surface area (Å²) in [6, 6.07) is 1.80. The van der Waals surface area contributed by atoms with Crippen LogP contribution in [0.3, 0.4) is 0 Å². The molecule has 0 heterocycles. The van der Waals surface area contributed by atoms with Gasteiger partial charge in [0.15, 0.2) is 17.6 Å². The number of carbonyl (C=O) groups excluding carboxylic acids is 1. The monoisotopic (exact) mass is 317 g/mol. The van der Waals surface area contributed by atoms with Gasteiger partial charge in [0.25, 0.3) is 0 Å². The molecular formula is C14H17F2NO5. The first-order valence-electron chi connectivity index (χ1n) is 6.53. The first-order chi connectivity index (χ1) is 10.4. The van der Waals surface area contributed by atoms with Gasteiger partial charge in [0.1, 0.15) is 5.82 Å². The summed E-state index contributed by atoms with van der Waals surface area (Å²) in [7, 11) is 1.33. The molecule has 0 radical (unpaired) electrons. The van der Waals surface area contributed by atoms with Gasteiger partial charge in [0.05, 0.1) is 13.2 Å². The maximum atomic E-state index is 13.3. The minimum absolute atomic E-state index is 0.0102. The molecule has 1 atom stereocenters. The lowest BCUT2D eigenvalue weighted by Crippen LogP contribution is -2.43. The average Bonchev–Trinajstić information content (AvgIpc) is 2.44. The number of halogens is 2. The van der Waals surface area contributed by atoms with Crippen molar-refractivity contribution < 1.29 is 33.0 Å². The summed E-state index contributed by atoms with van der Waals surface area (Å²) < 4.78 is 35.7. The lowest BCUT2D eigenvalue weighted by atomic mass is 10.2. The SMILES string of the molecule is COCC(NC(=O)CCCOc1ccc(F)cc1F)C(=O)O. The molecule has 8 heteroatoms. The quantitative estimate of drug-likeness (QED) is 0.671. The molecule has 0 aliphatic carbocycles. The molecule has 1 aromatic rings. The third kappa shape index (κ3) is 6.04. The number of carbonyl (C=O) groups is 2. The van der Waals surface area contributed by atoms with Crippen molar-refractivity contribution >= 4 is 11.9 Å². The molecular weight excluding hydrogens is 300 g/mol. The largest absolute Gasteiger partial charge is 0.491 e. The van der Waals surface area contributed by atoms with Crippen molar-refractivity contribution in [2.75, 3.05) is 20.3 Å². The molecule has 1 aromatic carbocycles. The fourth-order valence-electron chi connectivity index (χ4n) is 1.61. The van der Waals surface area contributed by atoms with Crippen molar-refractivity contribution in [2.45, 2.75) is 18.9 Å². The van der Waals surface area contributed by atoms with E-state index in [1.165, 1.54) is 7.11 Å². The van der Waals surface area contributed by atoms with Crippen LogP contribution in [0.5, 0.6) is 5.75 Å². The molecule has 0 aromatic heterocycles. The van der Waals surface area contributed by atoms with Crippen LogP contribution in [0.2, 0.25) is 0 Å². The Morgan fingerprint density at radius 2 is 2.09 bits per heavy atom. The van der Waals surface area contributed by atoms with Crippen LogP contribution in [0.4, 0.5) is 8.78 Å². The number of amides is 1. The van der Waals surface area contributed by atoms with Crippen molar-refractivity contribution in [3.63, 3.8) is 0 Å². The summed E-state index contributed by atoms with van der Waals surface area (Å²) in [5, 5.41) is 11.1. The summed E-state index contributed by atoms with van der Waals surface area (Å²) in [5.41, 5.74) is 0. The number of methoxy groups -OCH3 is 1. The predicted octanol–water partition coefficient (Wildman–Crippen LogP) is 1.34. The second-order valence-electron chi connectivity index (χ2n) is 4.44. The summed E-state index contributed by atoms with van der Waals surface area (Å²) in [6.45, 7) is -0.101. The molecule has 0 aliphatic heterocycles. The van der Waals surface area contributed by atoms with Gasteiger partial charge in [-0.3, -0.25) is 4.79 Å². The molecule has 0 fully saturated rings. The van der Waals surface area contributed by atoms with Gasteiger partial charge in [-0.05, 0) is 18.6 Å². The number of benzene rings is 1. The minimum Gasteiger partial charge on any atom is -0.491 e. The topological polar surface area (TPSA) is 84.9 Å². The Morgan fingerprint density at radius 3 is 2.68 bits per heavy atom. The van der Waals surface area contributed by atoms with E-state index in [0.29, 0.717) is 6.07 Å². The van der Waals surface area contributed by atoms with Crippen LogP contribution in [0.1, 0.15) is 12.8 Å². The number of rotatable bonds is 9. The highest BCUT2D eigenvalue weighted by atomic mass is 19.1. The molecule has 0 saturated heterocycles. The van der Waals surface area contributed by atoms with Gasteiger partial charge in [-0.25, -0.2) is 13.6 Å². The number of hydrogen-bond acceptors (Lipinski definition) is 4. The molecule has 2 N–H and O–H groups in total. The fraction of sp³-hybridized carbons (Fsp3) is 0.429. The van der Waals surface area contributed by atoms with Crippen LogP contribution < -0.4 is 10.1 Å². The standard InChI is InChI=1S/C14H17F2NO5/c1-21-8-11(14(19)20)17-13(18)3-2-6-22-12-5-4-9(15)7-10(12)16/h4-5,7,11H,2-3,6,8H2,1H3,(H,17,18)(H,19,20). The van der Waals surface area contributed by atoms with Gasteiger partial charge in [0.2, 0.25) is 5.91 Å². The van der Waals surface area contributed by atoms with E-state index in [0.717, 1.165) is 12.1 Å². The van der Waals surface area contributed by atoms with Crippen molar-refractivity contribution in [1.82, 2.24) is 5.32 Å². The Kier molecular flexibility index (Phi) is 7.24. The number of aliphatic carboxylic acids is 1. The van der Waals surface area contributed by atoms with Gasteiger partial charge in [0, 0.05) is 19.6 Å². The van der Waals surface area contributed by atoms with E-state index in [-0.39, 0.29) is 31.8 Å². The lowest BCUT2D eigenvalue weighted by molar-refractivity contribution is -0.143. The summed E-state index contributed by atoms with van der Waals surface area (Å²) in [6.07, 6.45) is 0.262. The van der Waals surface area contributed by atoms with E-state index in [1.54, 1.807) is 0 Å². The smallest absolute Gasteiger partial charge is 0.328 e. The van der Waals surface area contributed by atoms with Crippen LogP contribution in [-0.2, 0) is 14.3 Å². The van der Waals surface area contributed by atoms with E-state index < -0.39 is 29.6 Å². The maximum Gasteiger partial charge on any atom is 0.328 e. The highest BCUT2D eigenvalue weighted by Gasteiger charge is 2.19. The molecule has 6 nitrogen and oxygen atoms in total. The van der Waals surface area contributed by atoms with Crippen LogP contribution >= 0.6 is 0 Å². The summed E-state index contributed by atoms with van der Waals surface area (Å²) in [5.74, 6) is -3.31. The first kappa shape index (κ1) is 17.8. The van der Waals surface area contributed by atoms with Crippen LogP contribution in [0, 0.1) is 11.6 Å². The highest BCUT2D eigenvalue weighted by Crippen LogP contribution is 2.17. The van der Waals surface area contributed by atoms with E-state index >= 15 is 0 Å².